The van der Waals surface area contributed by atoms with Crippen molar-refractivity contribution in [3.8, 4) is 6.07 Å². The van der Waals surface area contributed by atoms with Crippen LogP contribution in [0.25, 0.3) is 0 Å². The third-order valence-electron chi connectivity index (χ3n) is 5.39. The first-order valence-electron chi connectivity index (χ1n) is 9.84. The first-order chi connectivity index (χ1) is 12.2. The van der Waals surface area contributed by atoms with Crippen molar-refractivity contribution in [1.29, 1.82) is 5.26 Å². The van der Waals surface area contributed by atoms with E-state index in [1.54, 1.807) is 0 Å². The highest BCUT2D eigenvalue weighted by Gasteiger charge is 2.24. The topological polar surface area (TPSA) is 59.8 Å². The van der Waals surface area contributed by atoms with Gasteiger partial charge in [-0.05, 0) is 31.8 Å². The highest BCUT2D eigenvalue weighted by Crippen LogP contribution is 2.19. The lowest BCUT2D eigenvalue weighted by atomic mass is 9.95. The molecule has 0 bridgehead atoms. The van der Waals surface area contributed by atoms with Crippen LogP contribution < -0.4 is 0 Å². The molecule has 0 aromatic heterocycles. The molecule has 0 aromatic rings. The van der Waals surface area contributed by atoms with Crippen molar-refractivity contribution in [2.75, 3.05) is 72.1 Å². The molecule has 0 aliphatic carbocycles. The van der Waals surface area contributed by atoms with E-state index in [0.717, 1.165) is 58.3 Å². The molecule has 142 valence electrons. The first kappa shape index (κ1) is 20.3. The largest absolute Gasteiger partial charge is 0.379 e. The molecule has 0 saturated carbocycles. The molecule has 0 N–H and O–H groups in total. The van der Waals surface area contributed by atoms with E-state index in [1.807, 2.05) is 6.92 Å². The molecule has 0 amide bonds. The number of rotatable bonds is 10. The summed E-state index contributed by atoms with van der Waals surface area (Å²) in [4.78, 5) is 18.9. The van der Waals surface area contributed by atoms with Crippen LogP contribution in [0.4, 0.5) is 0 Å². The number of ketones is 1. The van der Waals surface area contributed by atoms with Gasteiger partial charge in [-0.1, -0.05) is 6.92 Å². The predicted molar refractivity (Wildman–Crippen MR) is 98.4 cm³/mol. The molecular weight excluding hydrogens is 316 g/mol. The third kappa shape index (κ3) is 7.83. The van der Waals surface area contributed by atoms with E-state index in [-0.39, 0.29) is 0 Å². The maximum Gasteiger partial charge on any atom is 0.146 e. The van der Waals surface area contributed by atoms with Gasteiger partial charge >= 0.3 is 0 Å². The molecule has 2 aliphatic rings. The van der Waals surface area contributed by atoms with Gasteiger partial charge in [0.05, 0.1) is 32.2 Å². The molecule has 0 radical (unpaired) electrons. The van der Waals surface area contributed by atoms with Crippen molar-refractivity contribution >= 4 is 5.78 Å². The Morgan fingerprint density at radius 3 is 2.36 bits per heavy atom. The van der Waals surface area contributed by atoms with Gasteiger partial charge in [-0.25, -0.2) is 0 Å². The predicted octanol–water partition coefficient (Wildman–Crippen LogP) is 1.23. The van der Waals surface area contributed by atoms with E-state index >= 15 is 0 Å². The molecule has 2 rings (SSSR count). The number of hydrogen-bond donors (Lipinski definition) is 0. The molecule has 2 fully saturated rings. The average molecular weight is 351 g/mol. The zero-order chi connectivity index (χ0) is 17.9. The van der Waals surface area contributed by atoms with Crippen LogP contribution in [0.2, 0.25) is 0 Å². The summed E-state index contributed by atoms with van der Waals surface area (Å²) in [6.07, 6.45) is 3.60. The molecule has 0 atom stereocenters. The van der Waals surface area contributed by atoms with Crippen molar-refractivity contribution in [3.05, 3.63) is 0 Å². The number of nitriles is 1. The van der Waals surface area contributed by atoms with Crippen molar-refractivity contribution < 1.29 is 9.53 Å². The summed E-state index contributed by atoms with van der Waals surface area (Å²) in [5.41, 5.74) is 0. The maximum atomic E-state index is 11.6. The van der Waals surface area contributed by atoms with Crippen LogP contribution in [-0.2, 0) is 9.53 Å². The van der Waals surface area contributed by atoms with E-state index in [1.165, 1.54) is 19.4 Å². The second-order valence-electron chi connectivity index (χ2n) is 7.27. The molecule has 2 aliphatic heterocycles. The van der Waals surface area contributed by atoms with Crippen molar-refractivity contribution in [1.82, 2.24) is 14.7 Å². The molecule has 6 heteroatoms. The lowest BCUT2D eigenvalue weighted by Crippen LogP contribution is -2.49. The number of nitrogens with zero attached hydrogens (tertiary/aromatic N) is 4. The van der Waals surface area contributed by atoms with Gasteiger partial charge in [0, 0.05) is 45.7 Å². The zero-order valence-electron chi connectivity index (χ0n) is 15.8. The van der Waals surface area contributed by atoms with Gasteiger partial charge in [0.15, 0.2) is 0 Å². The van der Waals surface area contributed by atoms with Crippen molar-refractivity contribution in [2.24, 2.45) is 5.92 Å². The lowest BCUT2D eigenvalue weighted by molar-refractivity contribution is -0.120. The molecule has 0 unspecified atom stereocenters. The van der Waals surface area contributed by atoms with Crippen LogP contribution in [0.15, 0.2) is 0 Å². The van der Waals surface area contributed by atoms with Crippen LogP contribution in [0.3, 0.4) is 0 Å². The van der Waals surface area contributed by atoms with Gasteiger partial charge < -0.3 is 9.64 Å². The fraction of sp³-hybridized carbons (Fsp3) is 0.895. The van der Waals surface area contributed by atoms with E-state index in [2.05, 4.69) is 20.8 Å². The zero-order valence-corrected chi connectivity index (χ0v) is 15.8. The second kappa shape index (κ2) is 11.6. The SMILES string of the molecule is CCC(=O)CN1CCC(CN2CCN(CCOCCC#N)CC2)CC1. The lowest BCUT2D eigenvalue weighted by Gasteiger charge is -2.38. The second-order valence-corrected chi connectivity index (χ2v) is 7.27. The Bertz CT molecular complexity index is 422. The standard InChI is InChI=1S/C19H34N4O2/c1-2-19(24)17-22-7-4-18(5-8-22)16-23-11-9-21(10-12-23)13-15-25-14-3-6-20/h18H,2-5,7-17H2,1H3. The Morgan fingerprint density at radius 2 is 1.72 bits per heavy atom. The number of ether oxygens (including phenoxy) is 1. The fourth-order valence-corrected chi connectivity index (χ4v) is 3.66. The smallest absolute Gasteiger partial charge is 0.146 e. The van der Waals surface area contributed by atoms with Crippen LogP contribution >= 0.6 is 0 Å². The van der Waals surface area contributed by atoms with Crippen LogP contribution in [-0.4, -0.2) is 92.6 Å². The van der Waals surface area contributed by atoms with E-state index in [0.29, 0.717) is 31.8 Å². The van der Waals surface area contributed by atoms with E-state index in [9.17, 15) is 4.79 Å². The normalized spacial score (nSPS) is 21.3. The fourth-order valence-electron chi connectivity index (χ4n) is 3.66. The molecule has 0 spiro atoms. The first-order valence-corrected chi connectivity index (χ1v) is 9.84. The molecule has 2 heterocycles. The van der Waals surface area contributed by atoms with Crippen LogP contribution in [0, 0.1) is 17.2 Å². The van der Waals surface area contributed by atoms with Gasteiger partial charge in [0.2, 0.25) is 0 Å². The Labute approximate surface area is 152 Å². The van der Waals surface area contributed by atoms with Crippen LogP contribution in [0.1, 0.15) is 32.6 Å². The highest BCUT2D eigenvalue weighted by molar-refractivity contribution is 5.80. The van der Waals surface area contributed by atoms with Crippen molar-refractivity contribution in [3.63, 3.8) is 0 Å². The quantitative estimate of drug-likeness (QED) is 0.552. The summed E-state index contributed by atoms with van der Waals surface area (Å²) in [6.45, 7) is 12.8. The minimum absolute atomic E-state index is 0.367. The highest BCUT2D eigenvalue weighted by atomic mass is 16.5. The number of Topliss-reactive ketones (excluding diaryl/α,β-unsaturated/α-hetero) is 1. The van der Waals surface area contributed by atoms with Gasteiger partial charge in [-0.2, -0.15) is 5.26 Å². The molecule has 6 nitrogen and oxygen atoms in total. The van der Waals surface area contributed by atoms with Crippen molar-refractivity contribution in [2.45, 2.75) is 32.6 Å². The molecular formula is C19H34N4O2. The Balaban J connectivity index is 1.54. The molecule has 2 saturated heterocycles. The summed E-state index contributed by atoms with van der Waals surface area (Å²) >= 11 is 0. The minimum atomic E-state index is 0.367. The van der Waals surface area contributed by atoms with Crippen LogP contribution in [0.5, 0.6) is 0 Å². The molecule has 0 aromatic carbocycles. The summed E-state index contributed by atoms with van der Waals surface area (Å²) < 4.78 is 5.46. The summed E-state index contributed by atoms with van der Waals surface area (Å²) in [7, 11) is 0. The number of carbonyl (C=O) groups is 1. The van der Waals surface area contributed by atoms with E-state index in [4.69, 9.17) is 10.00 Å². The minimum Gasteiger partial charge on any atom is -0.379 e. The van der Waals surface area contributed by atoms with Gasteiger partial charge in [0.25, 0.3) is 0 Å². The average Bonchev–Trinajstić information content (AvgIpc) is 2.64. The third-order valence-corrected chi connectivity index (χ3v) is 5.39. The number of hydrogen-bond acceptors (Lipinski definition) is 6. The number of piperazine rings is 1. The van der Waals surface area contributed by atoms with Gasteiger partial charge in [-0.3, -0.25) is 14.6 Å². The molecule has 25 heavy (non-hydrogen) atoms. The maximum absolute atomic E-state index is 11.6. The Hall–Kier alpha value is -1.00. The monoisotopic (exact) mass is 350 g/mol. The number of piperidine rings is 1. The number of carbonyl (C=O) groups excluding carboxylic acids is 1. The van der Waals surface area contributed by atoms with Gasteiger partial charge in [0.1, 0.15) is 5.78 Å². The van der Waals surface area contributed by atoms with Gasteiger partial charge in [-0.15, -0.1) is 0 Å². The summed E-state index contributed by atoms with van der Waals surface area (Å²) in [5.74, 6) is 1.15. The summed E-state index contributed by atoms with van der Waals surface area (Å²) in [5, 5.41) is 8.48. The Kier molecular flexibility index (Phi) is 9.41. The van der Waals surface area contributed by atoms with E-state index < -0.39 is 0 Å². The number of likely N-dealkylation sites (tertiary alicyclic amines) is 1. The summed E-state index contributed by atoms with van der Waals surface area (Å²) in [6, 6.07) is 2.10. The Morgan fingerprint density at radius 1 is 1.04 bits per heavy atom.